The number of rotatable bonds is 6. The van der Waals surface area contributed by atoms with Crippen LogP contribution in [0.25, 0.3) is 16.8 Å². The maximum absolute atomic E-state index is 13.1. The highest BCUT2D eigenvalue weighted by Crippen LogP contribution is 2.22. The number of hydrogen-bond donors (Lipinski definition) is 2. The molecule has 5 aromatic rings. The van der Waals surface area contributed by atoms with Crippen molar-refractivity contribution in [2.45, 2.75) is 19.9 Å². The number of carbonyl (C=O) groups excluding carboxylic acids is 2. The molecule has 0 atom stereocenters. The fourth-order valence-corrected chi connectivity index (χ4v) is 4.71. The van der Waals surface area contributed by atoms with Crippen LogP contribution in [0, 0.1) is 6.92 Å². The molecule has 13 nitrogen and oxygen atoms in total. The number of amides is 2. The molecular formula is C26H27N11O2. The van der Waals surface area contributed by atoms with E-state index in [0.29, 0.717) is 29.3 Å². The summed E-state index contributed by atoms with van der Waals surface area (Å²) in [5, 5.41) is 18.2. The lowest BCUT2D eigenvalue weighted by atomic mass is 10.1. The highest BCUT2D eigenvalue weighted by atomic mass is 16.2. The number of hydrogen-bond acceptors (Lipinski definition) is 8. The van der Waals surface area contributed by atoms with Crippen molar-refractivity contribution in [1.82, 2.24) is 43.8 Å². The third kappa shape index (κ3) is 4.86. The van der Waals surface area contributed by atoms with Gasteiger partial charge in [-0.15, -0.1) is 10.2 Å². The van der Waals surface area contributed by atoms with Crippen LogP contribution in [0.1, 0.15) is 27.7 Å². The standard InChI is InChI=1S/C26H27N11O2/c1-16-21(9-19(11-27-16)30-24(38)14-36-6-5-20-22(13-36)34(2)15-28-20)31-26(39)25-33-32-23-8-17(4-7-37(23)25)18-10-29-35(3)12-18/h4,7-12,15H,5-6,13-14H2,1-3H3,(H,30,38)(H,31,39). The first kappa shape index (κ1) is 24.4. The van der Waals surface area contributed by atoms with Crippen molar-refractivity contribution in [3.05, 3.63) is 72.2 Å². The second kappa shape index (κ2) is 9.76. The van der Waals surface area contributed by atoms with Crippen molar-refractivity contribution in [2.24, 2.45) is 14.1 Å². The number of carbonyl (C=O) groups is 2. The van der Waals surface area contributed by atoms with Crippen molar-refractivity contribution in [1.29, 1.82) is 0 Å². The lowest BCUT2D eigenvalue weighted by Gasteiger charge is -2.26. The molecule has 1 aliphatic heterocycles. The van der Waals surface area contributed by atoms with Crippen LogP contribution in [0.4, 0.5) is 11.4 Å². The van der Waals surface area contributed by atoms with Gasteiger partial charge in [-0.3, -0.25) is 28.6 Å². The first-order valence-electron chi connectivity index (χ1n) is 12.5. The SMILES string of the molecule is Cc1ncc(NC(=O)CN2CCc3ncn(C)c3C2)cc1NC(=O)c1nnc2cc(-c3cnn(C)c3)ccn12. The molecule has 6 heterocycles. The van der Waals surface area contributed by atoms with Gasteiger partial charge < -0.3 is 15.2 Å². The summed E-state index contributed by atoms with van der Waals surface area (Å²) in [7, 11) is 3.82. The number of nitrogens with one attached hydrogen (secondary N) is 2. The van der Waals surface area contributed by atoms with Gasteiger partial charge in [-0.2, -0.15) is 5.10 Å². The predicted octanol–water partition coefficient (Wildman–Crippen LogP) is 1.82. The minimum atomic E-state index is -0.440. The van der Waals surface area contributed by atoms with Crippen LogP contribution in [0.15, 0.2) is 49.3 Å². The van der Waals surface area contributed by atoms with E-state index in [0.717, 1.165) is 35.5 Å². The Morgan fingerprint density at radius 1 is 1.05 bits per heavy atom. The number of anilines is 2. The molecule has 0 aliphatic carbocycles. The van der Waals surface area contributed by atoms with E-state index in [1.165, 1.54) is 0 Å². The first-order chi connectivity index (χ1) is 18.8. The molecule has 2 N–H and O–H groups in total. The van der Waals surface area contributed by atoms with Crippen molar-refractivity contribution >= 4 is 28.8 Å². The maximum atomic E-state index is 13.1. The molecule has 39 heavy (non-hydrogen) atoms. The van der Waals surface area contributed by atoms with Crippen molar-refractivity contribution in [3.63, 3.8) is 0 Å². The fourth-order valence-electron chi connectivity index (χ4n) is 4.71. The van der Waals surface area contributed by atoms with Crippen LogP contribution in [-0.4, -0.2) is 68.7 Å². The third-order valence-electron chi connectivity index (χ3n) is 6.82. The quantitative estimate of drug-likeness (QED) is 0.342. The second-order valence-electron chi connectivity index (χ2n) is 9.64. The topological polar surface area (TPSA) is 140 Å². The summed E-state index contributed by atoms with van der Waals surface area (Å²) < 4.78 is 5.34. The molecule has 0 aromatic carbocycles. The molecule has 1 aliphatic rings. The molecule has 0 saturated carbocycles. The van der Waals surface area contributed by atoms with E-state index in [1.807, 2.05) is 43.3 Å². The molecule has 13 heteroatoms. The van der Waals surface area contributed by atoms with Gasteiger partial charge in [-0.05, 0) is 30.7 Å². The molecule has 198 valence electrons. The van der Waals surface area contributed by atoms with E-state index in [-0.39, 0.29) is 18.3 Å². The van der Waals surface area contributed by atoms with Crippen LogP contribution in [-0.2, 0) is 31.9 Å². The Morgan fingerprint density at radius 3 is 2.74 bits per heavy atom. The number of nitrogens with zero attached hydrogens (tertiary/aromatic N) is 9. The van der Waals surface area contributed by atoms with E-state index < -0.39 is 5.91 Å². The number of aromatic nitrogens is 8. The van der Waals surface area contributed by atoms with Gasteiger partial charge in [0, 0.05) is 51.6 Å². The fraction of sp³-hybridized carbons (Fsp3) is 0.269. The predicted molar refractivity (Wildman–Crippen MR) is 143 cm³/mol. The van der Waals surface area contributed by atoms with Gasteiger partial charge in [0.15, 0.2) is 5.65 Å². The maximum Gasteiger partial charge on any atom is 0.294 e. The summed E-state index contributed by atoms with van der Waals surface area (Å²) >= 11 is 0. The zero-order valence-electron chi connectivity index (χ0n) is 21.8. The minimum absolute atomic E-state index is 0.135. The average Bonchev–Trinajstić information content (AvgIpc) is 3.64. The van der Waals surface area contributed by atoms with Gasteiger partial charge in [-0.25, -0.2) is 4.98 Å². The first-order valence-corrected chi connectivity index (χ1v) is 12.5. The van der Waals surface area contributed by atoms with Crippen molar-refractivity contribution in [2.75, 3.05) is 23.7 Å². The summed E-state index contributed by atoms with van der Waals surface area (Å²) in [4.78, 5) is 36.8. The van der Waals surface area contributed by atoms with Gasteiger partial charge in [0.25, 0.3) is 5.91 Å². The summed E-state index contributed by atoms with van der Waals surface area (Å²) in [6.07, 6.45) is 9.62. The summed E-state index contributed by atoms with van der Waals surface area (Å²) in [5.74, 6) is -0.460. The molecule has 2 amide bonds. The molecule has 0 saturated heterocycles. The van der Waals surface area contributed by atoms with Crippen molar-refractivity contribution in [3.8, 4) is 11.1 Å². The largest absolute Gasteiger partial charge is 0.336 e. The summed E-state index contributed by atoms with van der Waals surface area (Å²) in [6, 6.07) is 5.42. The number of pyridine rings is 2. The monoisotopic (exact) mass is 525 g/mol. The van der Waals surface area contributed by atoms with Crippen LogP contribution >= 0.6 is 0 Å². The molecule has 0 bridgehead atoms. The molecule has 5 aromatic heterocycles. The van der Waals surface area contributed by atoms with E-state index in [9.17, 15) is 9.59 Å². The highest BCUT2D eigenvalue weighted by Gasteiger charge is 2.22. The van der Waals surface area contributed by atoms with Crippen LogP contribution < -0.4 is 10.6 Å². The zero-order valence-corrected chi connectivity index (χ0v) is 21.8. The number of fused-ring (bicyclic) bond motifs is 2. The Hall–Kier alpha value is -4.91. The molecule has 0 spiro atoms. The van der Waals surface area contributed by atoms with Gasteiger partial charge in [0.05, 0.1) is 53.7 Å². The normalized spacial score (nSPS) is 13.4. The number of imidazole rings is 1. The van der Waals surface area contributed by atoms with Gasteiger partial charge in [-0.1, -0.05) is 0 Å². The lowest BCUT2D eigenvalue weighted by molar-refractivity contribution is -0.117. The Kier molecular flexibility index (Phi) is 6.11. The Morgan fingerprint density at radius 2 is 1.92 bits per heavy atom. The molecule has 0 radical (unpaired) electrons. The van der Waals surface area contributed by atoms with E-state index >= 15 is 0 Å². The van der Waals surface area contributed by atoms with Crippen LogP contribution in [0.2, 0.25) is 0 Å². The highest BCUT2D eigenvalue weighted by molar-refractivity contribution is 6.03. The average molecular weight is 526 g/mol. The zero-order chi connectivity index (χ0) is 27.1. The van der Waals surface area contributed by atoms with Crippen LogP contribution in [0.3, 0.4) is 0 Å². The molecule has 0 fully saturated rings. The summed E-state index contributed by atoms with van der Waals surface area (Å²) in [6.45, 7) is 3.46. The smallest absolute Gasteiger partial charge is 0.294 e. The second-order valence-corrected chi connectivity index (χ2v) is 9.64. The van der Waals surface area contributed by atoms with E-state index in [1.54, 1.807) is 40.7 Å². The Bertz CT molecular complexity index is 1710. The lowest BCUT2D eigenvalue weighted by Crippen LogP contribution is -2.37. The number of aryl methyl sites for hydroxylation is 3. The van der Waals surface area contributed by atoms with Gasteiger partial charge in [0.2, 0.25) is 11.7 Å². The van der Waals surface area contributed by atoms with Crippen molar-refractivity contribution < 1.29 is 9.59 Å². The minimum Gasteiger partial charge on any atom is -0.336 e. The molecule has 6 rings (SSSR count). The van der Waals surface area contributed by atoms with E-state index in [2.05, 4.69) is 40.8 Å². The van der Waals surface area contributed by atoms with Gasteiger partial charge in [0.1, 0.15) is 0 Å². The third-order valence-corrected chi connectivity index (χ3v) is 6.82. The molecule has 0 unspecified atom stereocenters. The Balaban J connectivity index is 1.13. The van der Waals surface area contributed by atoms with Gasteiger partial charge >= 0.3 is 0 Å². The van der Waals surface area contributed by atoms with E-state index in [4.69, 9.17) is 0 Å². The molecular weight excluding hydrogens is 498 g/mol. The Labute approximate surface area is 223 Å². The van der Waals surface area contributed by atoms with Crippen LogP contribution in [0.5, 0.6) is 0 Å². The summed E-state index contributed by atoms with van der Waals surface area (Å²) in [5.41, 5.74) is 6.19.